The summed E-state index contributed by atoms with van der Waals surface area (Å²) in [4.78, 5) is 0. The highest BCUT2D eigenvalue weighted by Gasteiger charge is 2.42. The molecule has 3 aromatic heterocycles. The molecule has 0 fully saturated rings. The minimum atomic E-state index is 0.00295. The highest BCUT2D eigenvalue weighted by Crippen LogP contribution is 2.50. The quantitative estimate of drug-likeness (QED) is 0.163. The van der Waals surface area contributed by atoms with Crippen LogP contribution in [0.1, 0.15) is 0 Å². The Morgan fingerprint density at radius 2 is 0.877 bits per heavy atom. The first-order chi connectivity index (χ1) is 28.3. The van der Waals surface area contributed by atoms with Crippen LogP contribution in [0.4, 0.5) is 0 Å². The van der Waals surface area contributed by atoms with Gasteiger partial charge in [-0.2, -0.15) is 0 Å². The third-order valence-electron chi connectivity index (χ3n) is 12.8. The average molecular weight is 724 g/mol. The van der Waals surface area contributed by atoms with Crippen LogP contribution in [0.2, 0.25) is 0 Å². The Bertz CT molecular complexity index is 3720. The lowest BCUT2D eigenvalue weighted by Gasteiger charge is -2.33. The largest absolute Gasteiger partial charge is 0.458 e. The molecular formula is C52H30BN3O. The van der Waals surface area contributed by atoms with Crippen molar-refractivity contribution >= 4 is 99.3 Å². The number of nitrogens with zero attached hydrogens (tertiary/aromatic N) is 3. The Labute approximate surface area is 327 Å². The monoisotopic (exact) mass is 723 g/mol. The van der Waals surface area contributed by atoms with Gasteiger partial charge in [0.25, 0.3) is 6.71 Å². The summed E-state index contributed by atoms with van der Waals surface area (Å²) >= 11 is 0. The summed E-state index contributed by atoms with van der Waals surface area (Å²) in [6.07, 6.45) is 0. The zero-order valence-corrected chi connectivity index (χ0v) is 30.6. The smallest absolute Gasteiger partial charge is 0.257 e. The van der Waals surface area contributed by atoms with Crippen molar-refractivity contribution in [2.24, 2.45) is 0 Å². The van der Waals surface area contributed by atoms with Gasteiger partial charge in [-0.1, -0.05) is 127 Å². The van der Waals surface area contributed by atoms with Crippen LogP contribution < -0.4 is 21.1 Å². The molecule has 4 nitrogen and oxygen atoms in total. The first-order valence-corrected chi connectivity index (χ1v) is 19.7. The van der Waals surface area contributed by atoms with E-state index in [1.807, 2.05) is 0 Å². The van der Waals surface area contributed by atoms with Crippen molar-refractivity contribution in [2.75, 3.05) is 0 Å². The molecule has 12 aromatic rings. The van der Waals surface area contributed by atoms with Crippen LogP contribution in [0, 0.1) is 0 Å². The first kappa shape index (κ1) is 29.8. The molecule has 0 N–H and O–H groups in total. The summed E-state index contributed by atoms with van der Waals surface area (Å²) in [5.74, 6) is 1.86. The van der Waals surface area contributed by atoms with E-state index in [1.54, 1.807) is 0 Å². The second-order valence-electron chi connectivity index (χ2n) is 15.5. The molecule has 0 bridgehead atoms. The molecule has 5 heteroatoms. The van der Waals surface area contributed by atoms with E-state index in [0.29, 0.717) is 0 Å². The van der Waals surface area contributed by atoms with E-state index in [9.17, 15) is 0 Å². The molecule has 0 spiro atoms. The SMILES string of the molecule is c1ccc(-n2c3ccccc3c3c2c2c4cccc5c4n(c2c2c4ccccc4n(-c4ccccc4)c32)-c2cccc3c2B5c2c(ccc4ccccc24)O3)cc1. The standard InChI is InChI=1S/C52H30BN3O/c1-3-16-32(17-4-1)54-40-26-12-10-22-36(40)45-50(54)44-35-21-9-11-25-39(35)55(33-18-5-2-6-19-33)51(44)46-37-23-13-24-38-49(37)56(52(45)46)41-27-14-28-42-48(41)53(38)47-34-20-8-7-15-31(34)29-30-43(47)57-42/h1-30H. The predicted octanol–water partition coefficient (Wildman–Crippen LogP) is 11.1. The van der Waals surface area contributed by atoms with Crippen molar-refractivity contribution in [1.29, 1.82) is 0 Å². The summed E-state index contributed by atoms with van der Waals surface area (Å²) < 4.78 is 14.6. The van der Waals surface area contributed by atoms with E-state index in [1.165, 1.54) is 98.3 Å². The zero-order chi connectivity index (χ0) is 36.9. The van der Waals surface area contributed by atoms with Gasteiger partial charge in [0.1, 0.15) is 11.5 Å². The van der Waals surface area contributed by atoms with Gasteiger partial charge in [0, 0.05) is 54.9 Å². The number of hydrogen-bond donors (Lipinski definition) is 0. The normalized spacial score (nSPS) is 13.0. The highest BCUT2D eigenvalue weighted by atomic mass is 16.5. The maximum absolute atomic E-state index is 6.92. The number of para-hydroxylation sites is 5. The highest BCUT2D eigenvalue weighted by molar-refractivity contribution is 7.00. The minimum absolute atomic E-state index is 0.00295. The van der Waals surface area contributed by atoms with Gasteiger partial charge in [0.15, 0.2) is 0 Å². The number of fused-ring (bicyclic) bond motifs is 18. The van der Waals surface area contributed by atoms with E-state index in [0.717, 1.165) is 22.9 Å². The third kappa shape index (κ3) is 3.61. The van der Waals surface area contributed by atoms with Crippen LogP contribution in [-0.2, 0) is 0 Å². The zero-order valence-electron chi connectivity index (χ0n) is 30.6. The number of ether oxygens (including phenoxy) is 1. The lowest BCUT2D eigenvalue weighted by atomic mass is 9.34. The summed E-state index contributed by atoms with van der Waals surface area (Å²) in [6, 6.07) is 66.6. The van der Waals surface area contributed by atoms with Crippen LogP contribution in [0.3, 0.4) is 0 Å². The summed E-state index contributed by atoms with van der Waals surface area (Å²) in [5.41, 5.74) is 14.5. The summed E-state index contributed by atoms with van der Waals surface area (Å²) in [7, 11) is 0. The van der Waals surface area contributed by atoms with Gasteiger partial charge in [-0.15, -0.1) is 0 Å². The molecule has 0 saturated carbocycles. The van der Waals surface area contributed by atoms with Crippen molar-refractivity contribution in [1.82, 2.24) is 13.7 Å². The fourth-order valence-electron chi connectivity index (χ4n) is 10.8. The average Bonchev–Trinajstić information content (AvgIpc) is 3.92. The maximum Gasteiger partial charge on any atom is 0.257 e. The van der Waals surface area contributed by atoms with Crippen molar-refractivity contribution in [2.45, 2.75) is 0 Å². The lowest BCUT2D eigenvalue weighted by molar-refractivity contribution is 0.488. The molecule has 262 valence electrons. The van der Waals surface area contributed by atoms with Crippen LogP contribution >= 0.6 is 0 Å². The molecule has 0 saturated heterocycles. The van der Waals surface area contributed by atoms with E-state index in [-0.39, 0.29) is 6.71 Å². The minimum Gasteiger partial charge on any atom is -0.458 e. The molecule has 9 aromatic carbocycles. The Hall–Kier alpha value is -7.50. The number of hydrogen-bond acceptors (Lipinski definition) is 1. The van der Waals surface area contributed by atoms with E-state index in [4.69, 9.17) is 4.74 Å². The first-order valence-electron chi connectivity index (χ1n) is 19.7. The van der Waals surface area contributed by atoms with Crippen molar-refractivity contribution in [3.63, 3.8) is 0 Å². The molecule has 14 rings (SSSR count). The molecule has 57 heavy (non-hydrogen) atoms. The fraction of sp³-hybridized carbons (Fsp3) is 0. The fourth-order valence-corrected chi connectivity index (χ4v) is 10.8. The van der Waals surface area contributed by atoms with Gasteiger partial charge < -0.3 is 18.4 Å². The lowest BCUT2D eigenvalue weighted by Crippen LogP contribution is -2.58. The third-order valence-corrected chi connectivity index (χ3v) is 12.8. The predicted molar refractivity (Wildman–Crippen MR) is 238 cm³/mol. The van der Waals surface area contributed by atoms with Crippen LogP contribution in [-0.4, -0.2) is 20.4 Å². The van der Waals surface area contributed by atoms with Gasteiger partial charge in [0.05, 0.1) is 27.6 Å². The van der Waals surface area contributed by atoms with Gasteiger partial charge in [-0.05, 0) is 81.8 Å². The second kappa shape index (κ2) is 10.6. The molecule has 2 aliphatic rings. The molecule has 0 radical (unpaired) electrons. The Morgan fingerprint density at radius 1 is 0.351 bits per heavy atom. The molecule has 0 unspecified atom stereocenters. The Balaban J connectivity index is 1.31. The Morgan fingerprint density at radius 3 is 1.56 bits per heavy atom. The molecule has 5 heterocycles. The summed E-state index contributed by atoms with van der Waals surface area (Å²) in [6.45, 7) is 0.00295. The molecule has 0 aliphatic carbocycles. The second-order valence-corrected chi connectivity index (χ2v) is 15.5. The molecule has 0 amide bonds. The number of aromatic nitrogens is 3. The maximum atomic E-state index is 6.92. The number of rotatable bonds is 2. The van der Waals surface area contributed by atoms with Crippen LogP contribution in [0.5, 0.6) is 11.5 Å². The van der Waals surface area contributed by atoms with Gasteiger partial charge in [-0.25, -0.2) is 0 Å². The van der Waals surface area contributed by atoms with Gasteiger partial charge in [0.2, 0.25) is 0 Å². The topological polar surface area (TPSA) is 24.0 Å². The molecular weight excluding hydrogens is 693 g/mol. The number of benzene rings is 9. The van der Waals surface area contributed by atoms with E-state index >= 15 is 0 Å². The van der Waals surface area contributed by atoms with Gasteiger partial charge >= 0.3 is 0 Å². The molecule has 2 aliphatic heterocycles. The molecule has 0 atom stereocenters. The summed E-state index contributed by atoms with van der Waals surface area (Å²) in [5, 5.41) is 9.98. The van der Waals surface area contributed by atoms with Crippen molar-refractivity contribution in [3.8, 4) is 28.6 Å². The van der Waals surface area contributed by atoms with Crippen LogP contribution in [0.25, 0.3) is 93.3 Å². The van der Waals surface area contributed by atoms with Gasteiger partial charge in [-0.3, -0.25) is 0 Å². The van der Waals surface area contributed by atoms with E-state index < -0.39 is 0 Å². The van der Waals surface area contributed by atoms with Crippen LogP contribution in [0.15, 0.2) is 182 Å². The Kier molecular flexibility index (Phi) is 5.56. The van der Waals surface area contributed by atoms with Crippen molar-refractivity contribution < 1.29 is 4.74 Å². The van der Waals surface area contributed by atoms with Crippen molar-refractivity contribution in [3.05, 3.63) is 182 Å². The van der Waals surface area contributed by atoms with E-state index in [2.05, 4.69) is 196 Å².